The van der Waals surface area contributed by atoms with Crippen molar-refractivity contribution in [3.8, 4) is 11.6 Å². The van der Waals surface area contributed by atoms with Crippen LogP contribution in [0, 0.1) is 17.0 Å². The summed E-state index contributed by atoms with van der Waals surface area (Å²) in [5.41, 5.74) is 0.909. The largest absolute Gasteiger partial charge is 0.461 e. The molecule has 1 amide bonds. The van der Waals surface area contributed by atoms with Crippen LogP contribution in [0.2, 0.25) is 0 Å². The molecule has 3 aromatic rings. The average molecular weight is 341 g/mol. The van der Waals surface area contributed by atoms with E-state index in [1.165, 1.54) is 24.5 Å². The number of nitrogens with one attached hydrogen (secondary N) is 2. The standard InChI is InChI=1S/C16H15N5O4/c1-10-9-11(21(23)24)4-5-12(10)16(22)17-7-6-14-18-15(20-19-14)13-3-2-8-25-13/h2-5,8-9H,6-7H2,1H3,(H,17,22)(H,18,19,20). The first-order valence-corrected chi connectivity index (χ1v) is 7.53. The van der Waals surface area contributed by atoms with E-state index in [-0.39, 0.29) is 11.6 Å². The zero-order valence-corrected chi connectivity index (χ0v) is 13.4. The molecule has 0 aliphatic heterocycles. The zero-order valence-electron chi connectivity index (χ0n) is 13.4. The van der Waals surface area contributed by atoms with Crippen molar-refractivity contribution < 1.29 is 14.1 Å². The Labute approximate surface area is 142 Å². The normalized spacial score (nSPS) is 10.6. The second kappa shape index (κ2) is 6.95. The fourth-order valence-corrected chi connectivity index (χ4v) is 2.33. The van der Waals surface area contributed by atoms with E-state index in [1.54, 1.807) is 19.1 Å². The first-order valence-electron chi connectivity index (χ1n) is 7.53. The van der Waals surface area contributed by atoms with Crippen molar-refractivity contribution in [3.63, 3.8) is 0 Å². The van der Waals surface area contributed by atoms with Gasteiger partial charge in [0, 0.05) is 30.7 Å². The summed E-state index contributed by atoms with van der Waals surface area (Å²) < 4.78 is 5.21. The van der Waals surface area contributed by atoms with Crippen molar-refractivity contribution in [3.05, 3.63) is 63.7 Å². The maximum atomic E-state index is 12.2. The molecule has 0 aliphatic rings. The molecule has 1 aromatic carbocycles. The number of hydrogen-bond acceptors (Lipinski definition) is 6. The predicted octanol–water partition coefficient (Wildman–Crippen LogP) is 2.25. The van der Waals surface area contributed by atoms with Gasteiger partial charge < -0.3 is 9.73 Å². The fourth-order valence-electron chi connectivity index (χ4n) is 2.33. The number of carbonyl (C=O) groups excluding carboxylic acids is 1. The Kier molecular flexibility index (Phi) is 4.55. The molecule has 0 atom stereocenters. The first-order chi connectivity index (χ1) is 12.0. The maximum absolute atomic E-state index is 12.2. The molecule has 0 saturated heterocycles. The molecule has 2 heterocycles. The Bertz CT molecular complexity index is 901. The van der Waals surface area contributed by atoms with Gasteiger partial charge >= 0.3 is 0 Å². The highest BCUT2D eigenvalue weighted by atomic mass is 16.6. The first kappa shape index (κ1) is 16.4. The quantitative estimate of drug-likeness (QED) is 0.523. The topological polar surface area (TPSA) is 127 Å². The summed E-state index contributed by atoms with van der Waals surface area (Å²) in [4.78, 5) is 26.7. The van der Waals surface area contributed by atoms with Crippen molar-refractivity contribution in [1.82, 2.24) is 20.5 Å². The lowest BCUT2D eigenvalue weighted by molar-refractivity contribution is -0.384. The van der Waals surface area contributed by atoms with Crippen LogP contribution in [0.15, 0.2) is 41.0 Å². The number of hydrogen-bond donors (Lipinski definition) is 2. The van der Waals surface area contributed by atoms with E-state index in [4.69, 9.17) is 4.42 Å². The summed E-state index contributed by atoms with van der Waals surface area (Å²) in [5.74, 6) is 1.34. The van der Waals surface area contributed by atoms with Gasteiger partial charge in [-0.15, -0.1) is 0 Å². The lowest BCUT2D eigenvalue weighted by atomic mass is 10.1. The molecular formula is C16H15N5O4. The lowest BCUT2D eigenvalue weighted by Crippen LogP contribution is -2.26. The average Bonchev–Trinajstić information content (AvgIpc) is 3.25. The van der Waals surface area contributed by atoms with Gasteiger partial charge in [0.2, 0.25) is 5.82 Å². The molecule has 2 N–H and O–H groups in total. The molecule has 0 saturated carbocycles. The van der Waals surface area contributed by atoms with Crippen LogP contribution >= 0.6 is 0 Å². The number of rotatable bonds is 6. The number of nitrogens with zero attached hydrogens (tertiary/aromatic N) is 3. The van der Waals surface area contributed by atoms with Crippen molar-refractivity contribution in [1.29, 1.82) is 0 Å². The summed E-state index contributed by atoms with van der Waals surface area (Å²) in [6.45, 7) is 2.01. The molecule has 9 nitrogen and oxygen atoms in total. The van der Waals surface area contributed by atoms with E-state index in [1.807, 2.05) is 0 Å². The van der Waals surface area contributed by atoms with E-state index in [0.29, 0.717) is 41.5 Å². The minimum atomic E-state index is -0.491. The van der Waals surface area contributed by atoms with Gasteiger partial charge in [0.1, 0.15) is 5.82 Å². The van der Waals surface area contributed by atoms with E-state index >= 15 is 0 Å². The van der Waals surface area contributed by atoms with Crippen LogP contribution in [0.4, 0.5) is 5.69 Å². The predicted molar refractivity (Wildman–Crippen MR) is 88.0 cm³/mol. The van der Waals surface area contributed by atoms with E-state index < -0.39 is 4.92 Å². The number of nitro benzene ring substituents is 1. The third kappa shape index (κ3) is 3.71. The Morgan fingerprint density at radius 1 is 1.40 bits per heavy atom. The summed E-state index contributed by atoms with van der Waals surface area (Å²) in [6, 6.07) is 7.64. The number of aromatic nitrogens is 3. The van der Waals surface area contributed by atoms with Gasteiger partial charge in [-0.3, -0.25) is 20.0 Å². The molecule has 0 fully saturated rings. The fraction of sp³-hybridized carbons (Fsp3) is 0.188. The number of amides is 1. The van der Waals surface area contributed by atoms with E-state index in [0.717, 1.165) is 0 Å². The van der Waals surface area contributed by atoms with Gasteiger partial charge in [-0.25, -0.2) is 4.98 Å². The lowest BCUT2D eigenvalue weighted by Gasteiger charge is -2.06. The van der Waals surface area contributed by atoms with Crippen LogP contribution < -0.4 is 5.32 Å². The minimum absolute atomic E-state index is 0.0406. The Morgan fingerprint density at radius 2 is 2.24 bits per heavy atom. The number of aryl methyl sites for hydroxylation is 1. The molecular weight excluding hydrogens is 326 g/mol. The summed E-state index contributed by atoms with van der Waals surface area (Å²) in [5, 5.41) is 20.3. The van der Waals surface area contributed by atoms with Crippen molar-refractivity contribution in [2.45, 2.75) is 13.3 Å². The highest BCUT2D eigenvalue weighted by molar-refractivity contribution is 5.95. The number of carbonyl (C=O) groups is 1. The Hall–Kier alpha value is -3.49. The molecule has 0 bridgehead atoms. The number of furan rings is 1. The van der Waals surface area contributed by atoms with Crippen molar-refractivity contribution in [2.75, 3.05) is 6.54 Å². The second-order valence-electron chi connectivity index (χ2n) is 5.35. The number of H-pyrrole nitrogens is 1. The molecule has 0 radical (unpaired) electrons. The Balaban J connectivity index is 1.57. The monoisotopic (exact) mass is 341 g/mol. The van der Waals surface area contributed by atoms with Gasteiger partial charge in [-0.2, -0.15) is 5.10 Å². The molecule has 2 aromatic heterocycles. The summed E-state index contributed by atoms with van der Waals surface area (Å²) in [7, 11) is 0. The number of nitro groups is 1. The second-order valence-corrected chi connectivity index (χ2v) is 5.35. The highest BCUT2D eigenvalue weighted by Gasteiger charge is 2.14. The summed E-state index contributed by atoms with van der Waals surface area (Å²) in [6.07, 6.45) is 2.00. The number of aromatic amines is 1. The molecule has 9 heteroatoms. The van der Waals surface area contributed by atoms with E-state index in [9.17, 15) is 14.9 Å². The zero-order chi connectivity index (χ0) is 17.8. The summed E-state index contributed by atoms with van der Waals surface area (Å²) >= 11 is 0. The molecule has 0 unspecified atom stereocenters. The third-order valence-electron chi connectivity index (χ3n) is 3.59. The van der Waals surface area contributed by atoms with Crippen LogP contribution in [0.25, 0.3) is 11.6 Å². The van der Waals surface area contributed by atoms with E-state index in [2.05, 4.69) is 20.5 Å². The Morgan fingerprint density at radius 3 is 2.92 bits per heavy atom. The number of benzene rings is 1. The van der Waals surface area contributed by atoms with Crippen molar-refractivity contribution in [2.24, 2.45) is 0 Å². The smallest absolute Gasteiger partial charge is 0.269 e. The molecule has 128 valence electrons. The van der Waals surface area contributed by atoms with Crippen LogP contribution in [0.1, 0.15) is 21.7 Å². The molecule has 0 spiro atoms. The highest BCUT2D eigenvalue weighted by Crippen LogP contribution is 2.17. The molecule has 0 aliphatic carbocycles. The maximum Gasteiger partial charge on any atom is 0.269 e. The van der Waals surface area contributed by atoms with Crippen LogP contribution in [0.3, 0.4) is 0 Å². The third-order valence-corrected chi connectivity index (χ3v) is 3.59. The van der Waals surface area contributed by atoms with Gasteiger partial charge in [-0.05, 0) is 30.7 Å². The van der Waals surface area contributed by atoms with Crippen molar-refractivity contribution >= 4 is 11.6 Å². The van der Waals surface area contributed by atoms with Gasteiger partial charge in [-0.1, -0.05) is 0 Å². The van der Waals surface area contributed by atoms with Gasteiger partial charge in [0.05, 0.1) is 11.2 Å². The molecule has 3 rings (SSSR count). The molecule has 25 heavy (non-hydrogen) atoms. The minimum Gasteiger partial charge on any atom is -0.461 e. The van der Waals surface area contributed by atoms with Crippen LogP contribution in [-0.2, 0) is 6.42 Å². The van der Waals surface area contributed by atoms with Crippen LogP contribution in [0.5, 0.6) is 0 Å². The van der Waals surface area contributed by atoms with Gasteiger partial charge in [0.15, 0.2) is 5.76 Å². The SMILES string of the molecule is Cc1cc([N+](=O)[O-])ccc1C(=O)NCCc1nc(-c2ccco2)n[nH]1. The van der Waals surface area contributed by atoms with Gasteiger partial charge in [0.25, 0.3) is 11.6 Å². The van der Waals surface area contributed by atoms with Crippen LogP contribution in [-0.4, -0.2) is 32.6 Å². The number of non-ortho nitro benzene ring substituents is 1.